The average Bonchev–Trinajstić information content (AvgIpc) is 2.59. The Bertz CT molecular complexity index is 922. The first-order chi connectivity index (χ1) is 13.8. The maximum absolute atomic E-state index is 12.3. The number of ether oxygens (including phenoxy) is 1. The first kappa shape index (κ1) is 26.5. The molecule has 0 saturated heterocycles. The number of nitrogens with one attached hydrogen (secondary N) is 1. The zero-order valence-electron chi connectivity index (χ0n) is 16.6. The fourth-order valence-electron chi connectivity index (χ4n) is 2.30. The van der Waals surface area contributed by atoms with Gasteiger partial charge in [0, 0.05) is 23.3 Å². The van der Waals surface area contributed by atoms with E-state index in [1.54, 1.807) is 7.11 Å². The van der Waals surface area contributed by atoms with Crippen LogP contribution in [0.25, 0.3) is 0 Å². The molecule has 0 radical (unpaired) electrons. The van der Waals surface area contributed by atoms with Crippen molar-refractivity contribution in [3.8, 4) is 5.75 Å². The molecule has 0 aromatic heterocycles. The number of hydrogen-bond donors (Lipinski definition) is 1. The third-order valence-electron chi connectivity index (χ3n) is 3.48. The third kappa shape index (κ3) is 12.7. The van der Waals surface area contributed by atoms with Gasteiger partial charge in [-0.1, -0.05) is 0 Å². The maximum atomic E-state index is 12.3. The van der Waals surface area contributed by atoms with Gasteiger partial charge in [0.15, 0.2) is 0 Å². The molecule has 174 valence electrons. The van der Waals surface area contributed by atoms with Gasteiger partial charge in [-0.05, 0) is 36.4 Å². The summed E-state index contributed by atoms with van der Waals surface area (Å²) in [5.74, 6) is 0.488. The Hall–Kier alpha value is -2.53. The van der Waals surface area contributed by atoms with Crippen molar-refractivity contribution >= 4 is 31.1 Å². The van der Waals surface area contributed by atoms with E-state index in [1.165, 1.54) is 24.3 Å². The predicted molar refractivity (Wildman–Crippen MR) is 102 cm³/mol. The Balaban J connectivity index is 0.000000592. The van der Waals surface area contributed by atoms with Crippen molar-refractivity contribution in [3.63, 3.8) is 0 Å². The van der Waals surface area contributed by atoms with E-state index in [2.05, 4.69) is 5.43 Å². The zero-order valence-corrected chi connectivity index (χ0v) is 19.1. The monoisotopic (exact) mass is 565 g/mol. The molecule has 0 aliphatic rings. The summed E-state index contributed by atoms with van der Waals surface area (Å²) in [7, 11) is 5.35. The van der Waals surface area contributed by atoms with Crippen LogP contribution in [0.3, 0.4) is 0 Å². The predicted octanol–water partition coefficient (Wildman–Crippen LogP) is 4.67. The summed E-state index contributed by atoms with van der Waals surface area (Å²) < 4.78 is 64.9. The van der Waals surface area contributed by atoms with Gasteiger partial charge in [-0.15, -0.1) is 0 Å². The Morgan fingerprint density at radius 3 is 1.84 bits per heavy atom. The molecule has 14 heteroatoms. The number of carbonyl (C=O) groups is 1. The number of methoxy groups -OCH3 is 1. The number of amides is 1. The fraction of sp³-hybridized carbons (Fsp3) is 0.235. The molecule has 0 spiro atoms. The van der Waals surface area contributed by atoms with Crippen LogP contribution in [0.1, 0.15) is 15.9 Å². The molecule has 0 fully saturated rings. The molecule has 0 atom stereocenters. The van der Waals surface area contributed by atoms with Gasteiger partial charge < -0.3 is 4.74 Å². The Morgan fingerprint density at radius 2 is 1.45 bits per heavy atom. The molecule has 1 amide bonds. The number of hydrogen-bond acceptors (Lipinski definition) is 4. The molecule has 7 nitrogen and oxygen atoms in total. The van der Waals surface area contributed by atoms with Crippen LogP contribution in [-0.2, 0) is 6.54 Å². The number of benzene rings is 2. The van der Waals surface area contributed by atoms with Crippen molar-refractivity contribution in [1.82, 2.24) is 5.43 Å². The molecule has 0 unspecified atom stereocenters. The van der Waals surface area contributed by atoms with Crippen LogP contribution in [0.15, 0.2) is 48.5 Å². The Labute approximate surface area is 175 Å². The fourth-order valence-corrected chi connectivity index (χ4v) is 2.30. The summed E-state index contributed by atoms with van der Waals surface area (Å²) in [6, 6.07) is 13.1. The Morgan fingerprint density at radius 1 is 1.00 bits per heavy atom. The number of nitrogens with zero attached hydrogens (tertiary/aromatic N) is 2. The number of halogens is 6. The van der Waals surface area contributed by atoms with Gasteiger partial charge in [0.05, 0.1) is 26.1 Å². The van der Waals surface area contributed by atoms with Gasteiger partial charge in [-0.3, -0.25) is 14.9 Å². The topological polar surface area (TPSA) is 81.5 Å². The molecule has 2 rings (SSSR count). The van der Waals surface area contributed by atoms with E-state index in [4.69, 9.17) is 4.74 Å². The number of quaternary nitrogens is 1. The number of carbonyl (C=O) groups excluding carboxylic acids is 1. The van der Waals surface area contributed by atoms with E-state index in [9.17, 15) is 31.8 Å². The quantitative estimate of drug-likeness (QED) is 0.181. The van der Waals surface area contributed by atoms with E-state index in [1.807, 2.05) is 38.4 Å². The van der Waals surface area contributed by atoms with Gasteiger partial charge in [0.1, 0.15) is 12.3 Å². The second-order valence-corrected chi connectivity index (χ2v) is 12.4. The molecule has 2 aromatic carbocycles. The molecule has 0 saturated carbocycles. The van der Waals surface area contributed by atoms with Gasteiger partial charge >= 0.3 is 36.4 Å². The van der Waals surface area contributed by atoms with E-state index in [0.29, 0.717) is 12.1 Å². The van der Waals surface area contributed by atoms with Crippen molar-refractivity contribution in [2.24, 2.45) is 0 Å². The van der Waals surface area contributed by atoms with Crippen LogP contribution < -0.4 is 10.2 Å². The van der Waals surface area contributed by atoms with Crippen LogP contribution in [0.5, 0.6) is 5.75 Å². The van der Waals surface area contributed by atoms with Crippen molar-refractivity contribution in [2.45, 2.75) is 6.54 Å². The van der Waals surface area contributed by atoms with E-state index < -0.39 is 24.4 Å². The summed E-state index contributed by atoms with van der Waals surface area (Å²) in [4.78, 5) is 22.5. The summed E-state index contributed by atoms with van der Waals surface area (Å²) in [5.41, 5.74) is 4.28. The second-order valence-electron chi connectivity index (χ2n) is 6.89. The normalized spacial score (nSPS) is 13.7. The minimum absolute atomic E-state index is 0.0430. The van der Waals surface area contributed by atoms with Crippen LogP contribution in [0, 0.1) is 10.1 Å². The van der Waals surface area contributed by atoms with Crippen molar-refractivity contribution in [2.75, 3.05) is 21.2 Å². The molecule has 0 bridgehead atoms. The third-order valence-corrected chi connectivity index (χ3v) is 3.48. The van der Waals surface area contributed by atoms with Gasteiger partial charge in [-0.25, -0.2) is 4.59 Å². The van der Waals surface area contributed by atoms with E-state index in [-0.39, 0.29) is 16.2 Å². The molecule has 2 aromatic rings. The molecular weight excluding hydrogens is 546 g/mol. The van der Waals surface area contributed by atoms with Crippen molar-refractivity contribution in [1.29, 1.82) is 0 Å². The zero-order chi connectivity index (χ0) is 24.2. The van der Waals surface area contributed by atoms with Gasteiger partial charge in [0.2, 0.25) is 0 Å². The molecule has 1 N–H and O–H groups in total. The second kappa shape index (κ2) is 8.54. The summed E-state index contributed by atoms with van der Waals surface area (Å²) in [5, 5.41) is 10.7. The number of rotatable bonds is 6. The van der Waals surface area contributed by atoms with Crippen LogP contribution in [0.4, 0.5) is 22.6 Å². The van der Waals surface area contributed by atoms with Crippen LogP contribution >= 0.6 is 0 Å². The molecular formula is C17H20F6N3O4Sb. The van der Waals surface area contributed by atoms with Crippen LogP contribution in [-0.4, -0.2) is 56.1 Å². The van der Waals surface area contributed by atoms with E-state index in [0.717, 1.165) is 11.3 Å². The summed E-state index contributed by atoms with van der Waals surface area (Å²) >= 11 is -11.2. The molecule has 0 heterocycles. The Kier molecular flexibility index (Phi) is 7.30. The SMILES string of the molecule is COc1ccc(C[N+](C)(C)NC(=O)c2ccc([N+](=O)[O-])cc2)cc1.[F][Sb-]([F])([F])([F])([F])[F]. The van der Waals surface area contributed by atoms with Gasteiger partial charge in [0.25, 0.3) is 11.6 Å². The number of nitro groups is 1. The standard InChI is InChI=1S/C17H19N3O4.6FH.Sb/c1-20(2,12-13-4-10-16(24-3)11-5-13)18-17(21)14-6-8-15(9-7-14)19(22)23;;;;;;;/h4-11H,12H2,1-3H3;6*1H;/q;;;;;;;+5/p-5. The summed E-state index contributed by atoms with van der Waals surface area (Å²) in [6.45, 7) is 0.586. The molecule has 31 heavy (non-hydrogen) atoms. The first-order valence-corrected chi connectivity index (χ1v) is 14.1. The number of nitro benzene ring substituents is 1. The number of non-ortho nitro benzene ring substituents is 1. The summed E-state index contributed by atoms with van der Waals surface area (Å²) in [6.07, 6.45) is 0. The van der Waals surface area contributed by atoms with Crippen LogP contribution in [0.2, 0.25) is 0 Å². The molecule has 0 aliphatic heterocycles. The minimum atomic E-state index is -11.2. The first-order valence-electron chi connectivity index (χ1n) is 8.35. The van der Waals surface area contributed by atoms with Crippen molar-refractivity contribution in [3.05, 3.63) is 69.8 Å². The van der Waals surface area contributed by atoms with E-state index >= 15 is 0 Å². The molecule has 0 aliphatic carbocycles. The van der Waals surface area contributed by atoms with Gasteiger partial charge in [-0.2, -0.15) is 5.43 Å². The van der Waals surface area contributed by atoms with Crippen molar-refractivity contribution < 1.29 is 35.9 Å². The average molecular weight is 566 g/mol.